The highest BCUT2D eigenvalue weighted by molar-refractivity contribution is 7.08. The summed E-state index contributed by atoms with van der Waals surface area (Å²) < 4.78 is 0. The van der Waals surface area contributed by atoms with E-state index in [1.54, 1.807) is 6.07 Å². The van der Waals surface area contributed by atoms with Crippen molar-refractivity contribution in [2.75, 3.05) is 0 Å². The summed E-state index contributed by atoms with van der Waals surface area (Å²) in [7, 11) is 0. The zero-order valence-electron chi connectivity index (χ0n) is 4.03. The first-order valence-corrected chi connectivity index (χ1v) is 2.85. The first kappa shape index (κ1) is 7.66. The van der Waals surface area contributed by atoms with Gasteiger partial charge < -0.3 is 0 Å². The van der Waals surface area contributed by atoms with Gasteiger partial charge in [-0.1, -0.05) is 0 Å². The Morgan fingerprint density at radius 2 is 2.38 bits per heavy atom. The van der Waals surface area contributed by atoms with E-state index in [-0.39, 0.29) is 12.4 Å². The zero-order valence-corrected chi connectivity index (χ0v) is 5.67. The molecule has 0 aliphatic carbocycles. The number of rotatable bonds is 1. The first-order chi connectivity index (χ1) is 3.43. The number of carbonyl (C=O) groups excluding carboxylic acids is 1. The van der Waals surface area contributed by atoms with Crippen LogP contribution < -0.4 is 0 Å². The SMILES string of the molecule is Cl.O=Cc1ccsc1. The van der Waals surface area contributed by atoms with E-state index in [4.69, 9.17) is 0 Å². The largest absolute Gasteiger partial charge is 0.298 e. The molecule has 3 heteroatoms. The average molecular weight is 149 g/mol. The van der Waals surface area contributed by atoms with Gasteiger partial charge in [0, 0.05) is 10.9 Å². The quantitative estimate of drug-likeness (QED) is 0.557. The van der Waals surface area contributed by atoms with E-state index in [0.29, 0.717) is 0 Å². The molecule has 44 valence electrons. The summed E-state index contributed by atoms with van der Waals surface area (Å²) in [5.74, 6) is 0. The van der Waals surface area contributed by atoms with Gasteiger partial charge in [0.1, 0.15) is 0 Å². The highest BCUT2D eigenvalue weighted by Gasteiger charge is 1.82. The van der Waals surface area contributed by atoms with Crippen LogP contribution in [0.3, 0.4) is 0 Å². The van der Waals surface area contributed by atoms with Gasteiger partial charge in [-0.25, -0.2) is 0 Å². The lowest BCUT2D eigenvalue weighted by Crippen LogP contribution is -1.64. The third-order valence-corrected chi connectivity index (χ3v) is 1.38. The predicted molar refractivity (Wildman–Crippen MR) is 37.0 cm³/mol. The van der Waals surface area contributed by atoms with Crippen LogP contribution >= 0.6 is 23.7 Å². The molecule has 0 saturated heterocycles. The van der Waals surface area contributed by atoms with Crippen molar-refractivity contribution in [2.45, 2.75) is 0 Å². The molecule has 0 aromatic carbocycles. The third-order valence-electron chi connectivity index (χ3n) is 0.679. The lowest BCUT2D eigenvalue weighted by molar-refractivity contribution is 0.112. The maximum Gasteiger partial charge on any atom is 0.150 e. The minimum Gasteiger partial charge on any atom is -0.298 e. The fourth-order valence-corrected chi connectivity index (χ4v) is 0.948. The van der Waals surface area contributed by atoms with E-state index in [9.17, 15) is 4.79 Å². The Hall–Kier alpha value is -0.340. The molecule has 0 amide bonds. The topological polar surface area (TPSA) is 17.1 Å². The summed E-state index contributed by atoms with van der Waals surface area (Å²) in [6, 6.07) is 1.79. The van der Waals surface area contributed by atoms with Crippen molar-refractivity contribution in [1.82, 2.24) is 0 Å². The van der Waals surface area contributed by atoms with Crippen LogP contribution in [-0.4, -0.2) is 6.29 Å². The van der Waals surface area contributed by atoms with Crippen LogP contribution in [0.1, 0.15) is 10.4 Å². The van der Waals surface area contributed by atoms with Crippen LogP contribution in [-0.2, 0) is 0 Å². The number of aldehydes is 1. The van der Waals surface area contributed by atoms with Crippen LogP contribution in [0.15, 0.2) is 16.8 Å². The Bertz CT molecular complexity index is 147. The normalized spacial score (nSPS) is 7.50. The lowest BCUT2D eigenvalue weighted by Gasteiger charge is -1.65. The molecule has 1 heterocycles. The minimum absolute atomic E-state index is 0. The Kier molecular flexibility index (Phi) is 3.48. The van der Waals surface area contributed by atoms with Gasteiger partial charge >= 0.3 is 0 Å². The van der Waals surface area contributed by atoms with Crippen LogP contribution in [0.5, 0.6) is 0 Å². The van der Waals surface area contributed by atoms with Crippen LogP contribution in [0, 0.1) is 0 Å². The molecule has 0 unspecified atom stereocenters. The fourth-order valence-electron chi connectivity index (χ4n) is 0.342. The van der Waals surface area contributed by atoms with Crippen molar-refractivity contribution in [3.05, 3.63) is 22.4 Å². The molecule has 1 aromatic heterocycles. The van der Waals surface area contributed by atoms with Crippen LogP contribution in [0.4, 0.5) is 0 Å². The van der Waals surface area contributed by atoms with E-state index in [1.807, 2.05) is 10.8 Å². The second-order valence-corrected chi connectivity index (χ2v) is 1.95. The van der Waals surface area contributed by atoms with E-state index < -0.39 is 0 Å². The van der Waals surface area contributed by atoms with E-state index in [1.165, 1.54) is 11.3 Å². The minimum atomic E-state index is 0. The molecule has 1 nitrogen and oxygen atoms in total. The van der Waals surface area contributed by atoms with Gasteiger partial charge in [-0.05, 0) is 11.4 Å². The number of halogens is 1. The number of hydrogen-bond acceptors (Lipinski definition) is 2. The maximum atomic E-state index is 9.87. The molecular formula is C5H5ClOS. The summed E-state index contributed by atoms with van der Waals surface area (Å²) in [5.41, 5.74) is 0.769. The summed E-state index contributed by atoms with van der Waals surface area (Å²) in [5, 5.41) is 3.69. The van der Waals surface area contributed by atoms with Gasteiger partial charge in [0.25, 0.3) is 0 Å². The third kappa shape index (κ3) is 1.64. The molecule has 0 fully saturated rings. The number of carbonyl (C=O) groups is 1. The molecule has 0 N–H and O–H groups in total. The van der Waals surface area contributed by atoms with Gasteiger partial charge in [0.05, 0.1) is 0 Å². The molecule has 0 aliphatic rings. The Labute approximate surface area is 57.8 Å². The standard InChI is InChI=1S/C5H4OS.ClH/c6-3-5-1-2-7-4-5;/h1-4H;1H. The molecule has 0 atom stereocenters. The molecule has 1 rings (SSSR count). The maximum absolute atomic E-state index is 9.87. The summed E-state index contributed by atoms with van der Waals surface area (Å²) in [6.45, 7) is 0. The monoisotopic (exact) mass is 148 g/mol. The molecule has 1 aromatic rings. The van der Waals surface area contributed by atoms with Crippen molar-refractivity contribution < 1.29 is 4.79 Å². The zero-order chi connectivity index (χ0) is 5.11. The van der Waals surface area contributed by atoms with E-state index >= 15 is 0 Å². The van der Waals surface area contributed by atoms with Crippen molar-refractivity contribution in [1.29, 1.82) is 0 Å². The van der Waals surface area contributed by atoms with Crippen molar-refractivity contribution in [2.24, 2.45) is 0 Å². The summed E-state index contributed by atoms with van der Waals surface area (Å²) in [6.07, 6.45) is 0.844. The molecular weight excluding hydrogens is 144 g/mol. The van der Waals surface area contributed by atoms with Gasteiger partial charge in [0.15, 0.2) is 6.29 Å². The lowest BCUT2D eigenvalue weighted by atomic mass is 10.4. The van der Waals surface area contributed by atoms with Gasteiger partial charge in [-0.3, -0.25) is 4.79 Å². The second kappa shape index (κ2) is 3.64. The highest BCUT2D eigenvalue weighted by Crippen LogP contribution is 2.00. The van der Waals surface area contributed by atoms with Crippen molar-refractivity contribution >= 4 is 30.0 Å². The smallest absolute Gasteiger partial charge is 0.150 e. The van der Waals surface area contributed by atoms with Gasteiger partial charge in [-0.2, -0.15) is 11.3 Å². The van der Waals surface area contributed by atoms with Crippen molar-refractivity contribution in [3.63, 3.8) is 0 Å². The van der Waals surface area contributed by atoms with Crippen molar-refractivity contribution in [3.8, 4) is 0 Å². The Balaban J connectivity index is 0.000000490. The molecule has 0 bridgehead atoms. The average Bonchev–Trinajstić information content (AvgIpc) is 2.14. The number of hydrogen-bond donors (Lipinski definition) is 0. The van der Waals surface area contributed by atoms with Crippen LogP contribution in [0.25, 0.3) is 0 Å². The number of thiophene rings is 1. The predicted octanol–water partition coefficient (Wildman–Crippen LogP) is 1.98. The summed E-state index contributed by atoms with van der Waals surface area (Å²) in [4.78, 5) is 9.87. The summed E-state index contributed by atoms with van der Waals surface area (Å²) >= 11 is 1.53. The van der Waals surface area contributed by atoms with Gasteiger partial charge in [-0.15, -0.1) is 12.4 Å². The van der Waals surface area contributed by atoms with Gasteiger partial charge in [0.2, 0.25) is 0 Å². The Morgan fingerprint density at radius 3 is 2.62 bits per heavy atom. The highest BCUT2D eigenvalue weighted by atomic mass is 35.5. The van der Waals surface area contributed by atoms with Crippen LogP contribution in [0.2, 0.25) is 0 Å². The molecule has 0 spiro atoms. The molecule has 0 aliphatic heterocycles. The first-order valence-electron chi connectivity index (χ1n) is 1.91. The second-order valence-electron chi connectivity index (χ2n) is 1.17. The van der Waals surface area contributed by atoms with E-state index in [0.717, 1.165) is 11.8 Å². The molecule has 8 heavy (non-hydrogen) atoms. The molecule has 0 radical (unpaired) electrons. The fraction of sp³-hybridized carbons (Fsp3) is 0. The molecule has 0 saturated carbocycles. The Morgan fingerprint density at radius 1 is 1.62 bits per heavy atom. The van der Waals surface area contributed by atoms with E-state index in [2.05, 4.69) is 0 Å².